The van der Waals surface area contributed by atoms with Gasteiger partial charge in [-0.1, -0.05) is 31.2 Å². The van der Waals surface area contributed by atoms with Crippen LogP contribution >= 0.6 is 0 Å². The smallest absolute Gasteiger partial charge is 0.0871 e. The highest BCUT2D eigenvalue weighted by atomic mass is 16.5. The fourth-order valence-corrected chi connectivity index (χ4v) is 2.52. The highest BCUT2D eigenvalue weighted by Crippen LogP contribution is 2.13. The van der Waals surface area contributed by atoms with E-state index in [9.17, 15) is 0 Å². The second-order valence-corrected chi connectivity index (χ2v) is 5.32. The van der Waals surface area contributed by atoms with Crippen molar-refractivity contribution in [3.05, 3.63) is 35.4 Å². The zero-order valence-electron chi connectivity index (χ0n) is 11.9. The predicted octanol–water partition coefficient (Wildman–Crippen LogP) is 0.954. The Hall–Kier alpha value is -0.940. The molecule has 1 aliphatic rings. The summed E-state index contributed by atoms with van der Waals surface area (Å²) in [4.78, 5) is 2.29. The standard InChI is InChI=1S/C15H25N3O/c1-3-12-4-6-13(7-5-12)10-14(17-16)15-11-18(2)8-9-19-15/h4-7,14-15,17H,3,8-11,16H2,1-2H3. The van der Waals surface area contributed by atoms with Crippen molar-refractivity contribution in [3.8, 4) is 0 Å². The minimum atomic E-state index is 0.162. The summed E-state index contributed by atoms with van der Waals surface area (Å²) in [5.41, 5.74) is 5.59. The van der Waals surface area contributed by atoms with Gasteiger partial charge in [-0.05, 0) is 31.0 Å². The fourth-order valence-electron chi connectivity index (χ4n) is 2.52. The van der Waals surface area contributed by atoms with Crippen molar-refractivity contribution < 1.29 is 4.74 Å². The first-order valence-electron chi connectivity index (χ1n) is 7.07. The van der Waals surface area contributed by atoms with Crippen molar-refractivity contribution in [1.29, 1.82) is 0 Å². The first-order valence-corrected chi connectivity index (χ1v) is 7.07. The molecule has 2 atom stereocenters. The molecule has 106 valence electrons. The number of aryl methyl sites for hydroxylation is 1. The largest absolute Gasteiger partial charge is 0.374 e. The van der Waals surface area contributed by atoms with Crippen LogP contribution in [0, 0.1) is 0 Å². The number of nitrogens with two attached hydrogens (primary N) is 1. The summed E-state index contributed by atoms with van der Waals surface area (Å²) < 4.78 is 5.83. The Bertz CT molecular complexity index is 379. The monoisotopic (exact) mass is 263 g/mol. The fraction of sp³-hybridized carbons (Fsp3) is 0.600. The van der Waals surface area contributed by atoms with E-state index < -0.39 is 0 Å². The molecular weight excluding hydrogens is 238 g/mol. The summed E-state index contributed by atoms with van der Waals surface area (Å²) in [7, 11) is 2.12. The average Bonchev–Trinajstić information content (AvgIpc) is 2.45. The van der Waals surface area contributed by atoms with Crippen molar-refractivity contribution >= 4 is 0 Å². The van der Waals surface area contributed by atoms with Crippen molar-refractivity contribution in [2.75, 3.05) is 26.7 Å². The van der Waals surface area contributed by atoms with Crippen molar-refractivity contribution in [2.24, 2.45) is 5.84 Å². The van der Waals surface area contributed by atoms with Crippen molar-refractivity contribution in [1.82, 2.24) is 10.3 Å². The molecular formula is C15H25N3O. The Morgan fingerprint density at radius 3 is 2.63 bits per heavy atom. The molecule has 1 fully saturated rings. The quantitative estimate of drug-likeness (QED) is 0.613. The van der Waals surface area contributed by atoms with Gasteiger partial charge in [0.15, 0.2) is 0 Å². The molecule has 4 nitrogen and oxygen atoms in total. The number of hydrogen-bond donors (Lipinski definition) is 2. The highest BCUT2D eigenvalue weighted by Gasteiger charge is 2.26. The summed E-state index contributed by atoms with van der Waals surface area (Å²) in [6, 6.07) is 8.93. The molecule has 1 aromatic carbocycles. The number of hydrogen-bond acceptors (Lipinski definition) is 4. The van der Waals surface area contributed by atoms with Gasteiger partial charge in [0.05, 0.1) is 18.8 Å². The average molecular weight is 263 g/mol. The third-order valence-electron chi connectivity index (χ3n) is 3.85. The van der Waals surface area contributed by atoms with Gasteiger partial charge in [-0.2, -0.15) is 0 Å². The lowest BCUT2D eigenvalue weighted by Crippen LogP contribution is -2.54. The predicted molar refractivity (Wildman–Crippen MR) is 77.9 cm³/mol. The minimum absolute atomic E-state index is 0.162. The van der Waals surface area contributed by atoms with Crippen LogP contribution in [0.2, 0.25) is 0 Å². The van der Waals surface area contributed by atoms with Crippen LogP contribution in [0.1, 0.15) is 18.1 Å². The van der Waals surface area contributed by atoms with Gasteiger partial charge in [0, 0.05) is 13.1 Å². The molecule has 0 aliphatic carbocycles. The molecule has 0 amide bonds. The van der Waals surface area contributed by atoms with Crippen LogP contribution in [-0.2, 0) is 17.6 Å². The van der Waals surface area contributed by atoms with E-state index in [0.29, 0.717) is 0 Å². The van der Waals surface area contributed by atoms with Crippen LogP contribution in [-0.4, -0.2) is 43.8 Å². The molecule has 2 unspecified atom stereocenters. The van der Waals surface area contributed by atoms with E-state index in [2.05, 4.69) is 48.6 Å². The number of nitrogens with one attached hydrogen (secondary N) is 1. The van der Waals surface area contributed by atoms with Gasteiger partial charge < -0.3 is 9.64 Å². The third-order valence-corrected chi connectivity index (χ3v) is 3.85. The molecule has 0 saturated carbocycles. The number of ether oxygens (including phenoxy) is 1. The topological polar surface area (TPSA) is 50.5 Å². The lowest BCUT2D eigenvalue weighted by molar-refractivity contribution is -0.0384. The van der Waals surface area contributed by atoms with Crippen molar-refractivity contribution in [3.63, 3.8) is 0 Å². The Morgan fingerprint density at radius 1 is 1.37 bits per heavy atom. The second-order valence-electron chi connectivity index (χ2n) is 5.32. The lowest BCUT2D eigenvalue weighted by Gasteiger charge is -2.35. The zero-order chi connectivity index (χ0) is 13.7. The van der Waals surface area contributed by atoms with E-state index in [0.717, 1.165) is 32.5 Å². The zero-order valence-corrected chi connectivity index (χ0v) is 11.9. The van der Waals surface area contributed by atoms with Crippen LogP contribution in [0.4, 0.5) is 0 Å². The summed E-state index contributed by atoms with van der Waals surface area (Å²) in [6.07, 6.45) is 2.14. The molecule has 3 N–H and O–H groups in total. The first-order chi connectivity index (χ1) is 9.22. The van der Waals surface area contributed by atoms with E-state index in [1.165, 1.54) is 11.1 Å². The van der Waals surface area contributed by atoms with E-state index in [-0.39, 0.29) is 12.1 Å². The second kappa shape index (κ2) is 7.01. The Morgan fingerprint density at radius 2 is 2.05 bits per heavy atom. The number of rotatable bonds is 5. The molecule has 1 heterocycles. The van der Waals surface area contributed by atoms with E-state index in [1.807, 2.05) is 0 Å². The van der Waals surface area contributed by atoms with Gasteiger partial charge in [0.25, 0.3) is 0 Å². The Balaban J connectivity index is 1.97. The third kappa shape index (κ3) is 4.01. The number of morpholine rings is 1. The van der Waals surface area contributed by atoms with E-state index in [1.54, 1.807) is 0 Å². The summed E-state index contributed by atoms with van der Waals surface area (Å²) in [5, 5.41) is 0. The van der Waals surface area contributed by atoms with Gasteiger partial charge in [-0.3, -0.25) is 11.3 Å². The molecule has 19 heavy (non-hydrogen) atoms. The van der Waals surface area contributed by atoms with Crippen LogP contribution in [0.5, 0.6) is 0 Å². The number of benzene rings is 1. The maximum atomic E-state index is 5.83. The summed E-state index contributed by atoms with van der Waals surface area (Å²) >= 11 is 0. The van der Waals surface area contributed by atoms with Gasteiger partial charge in [0.2, 0.25) is 0 Å². The van der Waals surface area contributed by atoms with Crippen LogP contribution < -0.4 is 11.3 Å². The molecule has 1 saturated heterocycles. The highest BCUT2D eigenvalue weighted by molar-refractivity contribution is 5.23. The number of likely N-dealkylation sites (N-methyl/N-ethyl adjacent to an activating group) is 1. The Labute approximate surface area is 115 Å². The molecule has 1 aliphatic heterocycles. The van der Waals surface area contributed by atoms with Crippen LogP contribution in [0.15, 0.2) is 24.3 Å². The molecule has 0 spiro atoms. The summed E-state index contributed by atoms with van der Waals surface area (Å²) in [6.45, 7) is 4.89. The molecule has 4 heteroatoms. The maximum Gasteiger partial charge on any atom is 0.0871 e. The van der Waals surface area contributed by atoms with Crippen LogP contribution in [0.3, 0.4) is 0 Å². The molecule has 1 aromatic rings. The minimum Gasteiger partial charge on any atom is -0.374 e. The van der Waals surface area contributed by atoms with Gasteiger partial charge >= 0.3 is 0 Å². The molecule has 0 radical (unpaired) electrons. The number of nitrogens with zero attached hydrogens (tertiary/aromatic N) is 1. The molecule has 2 rings (SSSR count). The van der Waals surface area contributed by atoms with Crippen LogP contribution in [0.25, 0.3) is 0 Å². The SMILES string of the molecule is CCc1ccc(CC(NN)C2CN(C)CCO2)cc1. The summed E-state index contributed by atoms with van der Waals surface area (Å²) in [5.74, 6) is 5.70. The van der Waals surface area contributed by atoms with E-state index in [4.69, 9.17) is 10.6 Å². The Kier molecular flexibility index (Phi) is 5.34. The first kappa shape index (κ1) is 14.5. The molecule has 0 aromatic heterocycles. The molecule has 0 bridgehead atoms. The lowest BCUT2D eigenvalue weighted by atomic mass is 9.99. The van der Waals surface area contributed by atoms with Crippen molar-refractivity contribution in [2.45, 2.75) is 31.9 Å². The van der Waals surface area contributed by atoms with Gasteiger partial charge in [-0.15, -0.1) is 0 Å². The normalized spacial score (nSPS) is 22.4. The number of hydrazine groups is 1. The van der Waals surface area contributed by atoms with Gasteiger partial charge in [0.1, 0.15) is 0 Å². The van der Waals surface area contributed by atoms with E-state index >= 15 is 0 Å². The van der Waals surface area contributed by atoms with Gasteiger partial charge in [-0.25, -0.2) is 0 Å². The maximum absolute atomic E-state index is 5.83.